The lowest BCUT2D eigenvalue weighted by molar-refractivity contribution is -0.140. The molecule has 7 heteroatoms. The van der Waals surface area contributed by atoms with Crippen molar-refractivity contribution in [1.82, 2.24) is 15.2 Å². The molecule has 0 spiro atoms. The number of carbonyl (C=O) groups excluding carboxylic acids is 1. The third kappa shape index (κ3) is 3.41. The van der Waals surface area contributed by atoms with E-state index in [1.165, 1.54) is 7.11 Å². The van der Waals surface area contributed by atoms with Crippen molar-refractivity contribution in [2.24, 2.45) is 0 Å². The van der Waals surface area contributed by atoms with E-state index in [2.05, 4.69) is 15.2 Å². The van der Waals surface area contributed by atoms with Crippen molar-refractivity contribution >= 4 is 23.3 Å². The van der Waals surface area contributed by atoms with Gasteiger partial charge in [0.1, 0.15) is 11.8 Å². The SMILES string of the molecule is COC(=O)CCCN1C(=S)N[C@@H](c2ccccn2)[C@H]1c1ccco1. The second-order valence-electron chi connectivity index (χ2n) is 5.52. The predicted molar refractivity (Wildman–Crippen MR) is 92.1 cm³/mol. The van der Waals surface area contributed by atoms with Crippen molar-refractivity contribution in [1.29, 1.82) is 0 Å². The molecule has 0 saturated carbocycles. The molecular weight excluding hydrogens is 326 g/mol. The first kappa shape index (κ1) is 16.4. The van der Waals surface area contributed by atoms with Crippen LogP contribution in [0.2, 0.25) is 0 Å². The number of pyridine rings is 1. The number of nitrogens with zero attached hydrogens (tertiary/aromatic N) is 2. The molecule has 0 bridgehead atoms. The molecule has 1 aliphatic heterocycles. The van der Waals surface area contributed by atoms with Crippen LogP contribution < -0.4 is 5.32 Å². The van der Waals surface area contributed by atoms with Gasteiger partial charge in [0, 0.05) is 19.2 Å². The van der Waals surface area contributed by atoms with Crippen LogP contribution in [0.4, 0.5) is 0 Å². The summed E-state index contributed by atoms with van der Waals surface area (Å²) in [6, 6.07) is 9.40. The van der Waals surface area contributed by atoms with Gasteiger partial charge in [0.2, 0.25) is 0 Å². The van der Waals surface area contributed by atoms with Crippen LogP contribution in [0.5, 0.6) is 0 Å². The van der Waals surface area contributed by atoms with Gasteiger partial charge in [-0.1, -0.05) is 6.07 Å². The molecule has 1 saturated heterocycles. The number of hydrogen-bond acceptors (Lipinski definition) is 5. The highest BCUT2D eigenvalue weighted by molar-refractivity contribution is 7.80. The normalized spacial score (nSPS) is 20.0. The zero-order valence-electron chi connectivity index (χ0n) is 13.3. The summed E-state index contributed by atoms with van der Waals surface area (Å²) < 4.78 is 10.3. The molecule has 0 aromatic carbocycles. The van der Waals surface area contributed by atoms with Crippen molar-refractivity contribution < 1.29 is 13.9 Å². The summed E-state index contributed by atoms with van der Waals surface area (Å²) in [7, 11) is 1.40. The molecule has 0 radical (unpaired) electrons. The molecule has 126 valence electrons. The molecule has 1 fully saturated rings. The highest BCUT2D eigenvalue weighted by Crippen LogP contribution is 2.38. The van der Waals surface area contributed by atoms with Gasteiger partial charge >= 0.3 is 5.97 Å². The number of carbonyl (C=O) groups is 1. The Bertz CT molecular complexity index is 690. The Morgan fingerprint density at radius 1 is 1.42 bits per heavy atom. The lowest BCUT2D eigenvalue weighted by atomic mass is 10.0. The average molecular weight is 345 g/mol. The topological polar surface area (TPSA) is 67.6 Å². The fourth-order valence-electron chi connectivity index (χ4n) is 2.91. The maximum Gasteiger partial charge on any atom is 0.305 e. The largest absolute Gasteiger partial charge is 0.469 e. The fourth-order valence-corrected chi connectivity index (χ4v) is 3.24. The van der Waals surface area contributed by atoms with Crippen molar-refractivity contribution in [2.75, 3.05) is 13.7 Å². The van der Waals surface area contributed by atoms with E-state index in [1.54, 1.807) is 12.5 Å². The molecule has 2 aromatic rings. The first-order valence-electron chi connectivity index (χ1n) is 7.79. The van der Waals surface area contributed by atoms with Crippen molar-refractivity contribution in [2.45, 2.75) is 24.9 Å². The van der Waals surface area contributed by atoms with Gasteiger partial charge in [0.25, 0.3) is 0 Å². The summed E-state index contributed by atoms with van der Waals surface area (Å²) in [4.78, 5) is 17.8. The average Bonchev–Trinajstić information content (AvgIpc) is 3.24. The summed E-state index contributed by atoms with van der Waals surface area (Å²) in [5.41, 5.74) is 0.900. The summed E-state index contributed by atoms with van der Waals surface area (Å²) in [6.45, 7) is 0.635. The lowest BCUT2D eigenvalue weighted by Gasteiger charge is -2.25. The number of thiocarbonyl (C=S) groups is 1. The Morgan fingerprint density at radius 2 is 2.29 bits per heavy atom. The van der Waals surface area contributed by atoms with E-state index in [4.69, 9.17) is 21.4 Å². The molecular formula is C17H19N3O3S. The third-order valence-electron chi connectivity index (χ3n) is 4.04. The van der Waals surface area contributed by atoms with Crippen LogP contribution in [0.25, 0.3) is 0 Å². The molecule has 24 heavy (non-hydrogen) atoms. The number of rotatable bonds is 6. The molecule has 0 amide bonds. The van der Waals surface area contributed by atoms with E-state index in [0.29, 0.717) is 24.5 Å². The van der Waals surface area contributed by atoms with Crippen LogP contribution in [0.3, 0.4) is 0 Å². The van der Waals surface area contributed by atoms with Crippen LogP contribution in [0.15, 0.2) is 47.2 Å². The van der Waals surface area contributed by atoms with Crippen LogP contribution in [0, 0.1) is 0 Å². The number of nitrogens with one attached hydrogen (secondary N) is 1. The lowest BCUT2D eigenvalue weighted by Crippen LogP contribution is -2.30. The van der Waals surface area contributed by atoms with Gasteiger partial charge in [-0.3, -0.25) is 9.78 Å². The molecule has 1 N–H and O–H groups in total. The molecule has 1 aliphatic rings. The van der Waals surface area contributed by atoms with E-state index in [-0.39, 0.29) is 18.1 Å². The highest BCUT2D eigenvalue weighted by atomic mass is 32.1. The number of esters is 1. The highest BCUT2D eigenvalue weighted by Gasteiger charge is 2.41. The summed E-state index contributed by atoms with van der Waals surface area (Å²) >= 11 is 5.51. The summed E-state index contributed by atoms with van der Waals surface area (Å²) in [5, 5.41) is 3.97. The van der Waals surface area contributed by atoms with Crippen LogP contribution in [0.1, 0.15) is 36.4 Å². The number of furan rings is 1. The minimum absolute atomic E-state index is 0.0945. The van der Waals surface area contributed by atoms with Gasteiger partial charge in [0.15, 0.2) is 5.11 Å². The Labute approximate surface area is 145 Å². The van der Waals surface area contributed by atoms with E-state index in [1.807, 2.05) is 30.3 Å². The van der Waals surface area contributed by atoms with Crippen molar-refractivity contribution in [3.05, 3.63) is 54.2 Å². The Hall–Kier alpha value is -2.41. The zero-order chi connectivity index (χ0) is 16.9. The monoisotopic (exact) mass is 345 g/mol. The third-order valence-corrected chi connectivity index (χ3v) is 4.39. The number of methoxy groups -OCH3 is 1. The molecule has 6 nitrogen and oxygen atoms in total. The van der Waals surface area contributed by atoms with E-state index >= 15 is 0 Å². The van der Waals surface area contributed by atoms with Gasteiger partial charge < -0.3 is 19.4 Å². The molecule has 0 aliphatic carbocycles. The molecule has 3 rings (SSSR count). The molecule has 2 atom stereocenters. The first-order valence-corrected chi connectivity index (χ1v) is 8.20. The second kappa shape index (κ2) is 7.44. The van der Waals surface area contributed by atoms with Gasteiger partial charge in [-0.15, -0.1) is 0 Å². The van der Waals surface area contributed by atoms with Gasteiger partial charge in [-0.05, 0) is 42.9 Å². The van der Waals surface area contributed by atoms with Gasteiger partial charge in [0.05, 0.1) is 25.1 Å². The van der Waals surface area contributed by atoms with Crippen LogP contribution in [-0.2, 0) is 9.53 Å². The minimum atomic E-state index is -0.219. The van der Waals surface area contributed by atoms with Crippen LogP contribution >= 0.6 is 12.2 Å². The molecule has 2 aromatic heterocycles. The quantitative estimate of drug-likeness (QED) is 0.637. The summed E-state index contributed by atoms with van der Waals surface area (Å²) in [6.07, 6.45) is 4.42. The van der Waals surface area contributed by atoms with E-state index < -0.39 is 0 Å². The number of aromatic nitrogens is 1. The fraction of sp³-hybridized carbons (Fsp3) is 0.353. The maximum absolute atomic E-state index is 11.3. The van der Waals surface area contributed by atoms with Gasteiger partial charge in [-0.2, -0.15) is 0 Å². The van der Waals surface area contributed by atoms with E-state index in [0.717, 1.165) is 11.5 Å². The van der Waals surface area contributed by atoms with Crippen molar-refractivity contribution in [3.63, 3.8) is 0 Å². The maximum atomic E-state index is 11.3. The minimum Gasteiger partial charge on any atom is -0.469 e. The standard InChI is InChI=1S/C17H19N3O3S/c1-22-14(21)8-4-10-20-16(13-7-5-11-23-13)15(19-17(20)24)12-6-2-3-9-18-12/h2-3,5-7,9,11,15-16H,4,8,10H2,1H3,(H,19,24)/t15-,16+/m0/s1. The summed E-state index contributed by atoms with van der Waals surface area (Å²) in [5.74, 6) is 0.597. The second-order valence-corrected chi connectivity index (χ2v) is 5.90. The molecule has 0 unspecified atom stereocenters. The van der Waals surface area contributed by atoms with Crippen molar-refractivity contribution in [3.8, 4) is 0 Å². The first-order chi connectivity index (χ1) is 11.7. The predicted octanol–water partition coefficient (Wildman–Crippen LogP) is 2.60. The smallest absolute Gasteiger partial charge is 0.305 e. The van der Waals surface area contributed by atoms with Crippen LogP contribution in [-0.4, -0.2) is 34.6 Å². The number of hydrogen-bond donors (Lipinski definition) is 1. The van der Waals surface area contributed by atoms with E-state index in [9.17, 15) is 4.79 Å². The number of ether oxygens (including phenoxy) is 1. The Balaban J connectivity index is 1.81. The van der Waals surface area contributed by atoms with Gasteiger partial charge in [-0.25, -0.2) is 0 Å². The zero-order valence-corrected chi connectivity index (χ0v) is 14.2. The Kier molecular flexibility index (Phi) is 5.10. The molecule has 3 heterocycles. The Morgan fingerprint density at radius 3 is 2.96 bits per heavy atom.